The lowest BCUT2D eigenvalue weighted by atomic mass is 10.1. The first-order valence-electron chi connectivity index (χ1n) is 10.3. The van der Waals surface area contributed by atoms with E-state index in [1.807, 2.05) is 0 Å². The lowest BCUT2D eigenvalue weighted by Crippen LogP contribution is -2.30. The second kappa shape index (κ2) is 12.5. The fourth-order valence-electron chi connectivity index (χ4n) is 2.81. The Morgan fingerprint density at radius 2 is 1.70 bits per heavy atom. The molecule has 1 rings (SSSR count). The van der Waals surface area contributed by atoms with Crippen molar-refractivity contribution in [1.82, 2.24) is 5.32 Å². The molecule has 3 N–H and O–H groups in total. The number of methoxy groups -OCH3 is 1. The first-order chi connectivity index (χ1) is 14.1. The van der Waals surface area contributed by atoms with Gasteiger partial charge in [-0.2, -0.15) is 0 Å². The van der Waals surface area contributed by atoms with Gasteiger partial charge >= 0.3 is 18.0 Å². The second-order valence-corrected chi connectivity index (χ2v) is 9.02. The van der Waals surface area contributed by atoms with Crippen molar-refractivity contribution < 1.29 is 29.0 Å². The maximum absolute atomic E-state index is 12.7. The van der Waals surface area contributed by atoms with E-state index in [9.17, 15) is 19.5 Å². The molecule has 170 valence electrons. The normalized spacial score (nSPS) is 11.2. The summed E-state index contributed by atoms with van der Waals surface area (Å²) in [7, 11) is 1.41. The molecule has 0 atom stereocenters. The van der Waals surface area contributed by atoms with Crippen LogP contribution in [0.15, 0.2) is 0 Å². The minimum absolute atomic E-state index is 0.0175. The Labute approximate surface area is 182 Å². The predicted octanol–water partition coefficient (Wildman–Crippen LogP) is 5.03. The number of amides is 2. The zero-order valence-electron chi connectivity index (χ0n) is 18.6. The molecule has 0 aromatic carbocycles. The van der Waals surface area contributed by atoms with Gasteiger partial charge in [0.25, 0.3) is 0 Å². The summed E-state index contributed by atoms with van der Waals surface area (Å²) in [6.45, 7) is 7.72. The molecule has 0 bridgehead atoms. The summed E-state index contributed by atoms with van der Waals surface area (Å²) < 4.78 is 10.5. The predicted molar refractivity (Wildman–Crippen MR) is 118 cm³/mol. The van der Waals surface area contributed by atoms with Gasteiger partial charge in [-0.25, -0.2) is 14.4 Å². The number of carbonyl (C=O) groups excluding carboxylic acids is 2. The number of carboxylic acid groups (broad SMARTS) is 1. The third-order valence-electron chi connectivity index (χ3n) is 4.14. The molecule has 0 aliphatic rings. The maximum Gasteiger partial charge on any atom is 0.346 e. The molecule has 0 saturated carbocycles. The number of carboxylic acids is 1. The quantitative estimate of drug-likeness (QED) is 0.309. The van der Waals surface area contributed by atoms with E-state index in [0.717, 1.165) is 30.6 Å². The summed E-state index contributed by atoms with van der Waals surface area (Å²) in [5.74, 6) is -1.90. The molecule has 0 aliphatic carbocycles. The second-order valence-electron chi connectivity index (χ2n) is 8.00. The molecule has 30 heavy (non-hydrogen) atoms. The smallest absolute Gasteiger partial charge is 0.346 e. The lowest BCUT2D eigenvalue weighted by molar-refractivity contribution is 0.00678. The van der Waals surface area contributed by atoms with Crippen LogP contribution in [0.3, 0.4) is 0 Å². The Balaban J connectivity index is 2.91. The molecule has 0 saturated heterocycles. The van der Waals surface area contributed by atoms with Crippen molar-refractivity contribution >= 4 is 34.3 Å². The summed E-state index contributed by atoms with van der Waals surface area (Å²) in [5.41, 5.74) is -0.566. The lowest BCUT2D eigenvalue weighted by Gasteiger charge is -2.20. The molecule has 2 amide bonds. The third-order valence-corrected chi connectivity index (χ3v) is 5.27. The zero-order chi connectivity index (χ0) is 22.7. The number of hydrogen-bond donors (Lipinski definition) is 3. The van der Waals surface area contributed by atoms with E-state index in [2.05, 4.69) is 17.6 Å². The molecule has 8 nitrogen and oxygen atoms in total. The van der Waals surface area contributed by atoms with E-state index in [-0.39, 0.29) is 27.6 Å². The summed E-state index contributed by atoms with van der Waals surface area (Å²) in [5, 5.41) is 15.0. The summed E-state index contributed by atoms with van der Waals surface area (Å²) in [6, 6.07) is -0.490. The van der Waals surface area contributed by atoms with E-state index >= 15 is 0 Å². The Bertz CT molecular complexity index is 724. The van der Waals surface area contributed by atoms with Crippen molar-refractivity contribution in [2.24, 2.45) is 0 Å². The fourth-order valence-corrected chi connectivity index (χ4v) is 3.84. The number of esters is 1. The molecule has 0 radical (unpaired) electrons. The number of aromatic carboxylic acids is 1. The van der Waals surface area contributed by atoms with Crippen LogP contribution in [0.25, 0.3) is 0 Å². The molecule has 1 aromatic heterocycles. The van der Waals surface area contributed by atoms with Crippen LogP contribution in [0.1, 0.15) is 91.8 Å². The van der Waals surface area contributed by atoms with Crippen molar-refractivity contribution in [3.05, 3.63) is 16.0 Å². The minimum atomic E-state index is -1.20. The van der Waals surface area contributed by atoms with Crippen LogP contribution >= 0.6 is 11.3 Å². The average molecular weight is 443 g/mol. The van der Waals surface area contributed by atoms with Gasteiger partial charge < -0.3 is 19.9 Å². The van der Waals surface area contributed by atoms with E-state index < -0.39 is 23.6 Å². The molecular formula is C21H34N2O6S. The van der Waals surface area contributed by atoms with Gasteiger partial charge in [0.15, 0.2) is 0 Å². The number of anilines is 1. The van der Waals surface area contributed by atoms with E-state index in [1.165, 1.54) is 26.4 Å². The largest absolute Gasteiger partial charge is 0.477 e. The molecule has 0 spiro atoms. The number of unbranched alkanes of at least 4 members (excludes halogenated alkanes) is 5. The van der Waals surface area contributed by atoms with Crippen LogP contribution < -0.4 is 10.6 Å². The SMILES string of the molecule is CCCCCCCCNC(=O)Nc1sc(C(=O)O)c(COC)c1C(=O)OC(C)(C)C. The summed E-state index contributed by atoms with van der Waals surface area (Å²) in [6.07, 6.45) is 6.62. The Hall–Kier alpha value is -2.13. The molecule has 0 aliphatic heterocycles. The van der Waals surface area contributed by atoms with Gasteiger partial charge in [0.1, 0.15) is 21.0 Å². The van der Waals surface area contributed by atoms with E-state index in [4.69, 9.17) is 9.47 Å². The number of hydrogen-bond acceptors (Lipinski definition) is 6. The maximum atomic E-state index is 12.7. The molecule has 0 fully saturated rings. The number of rotatable bonds is 12. The highest BCUT2D eigenvalue weighted by atomic mass is 32.1. The molecule has 0 unspecified atom stereocenters. The zero-order valence-corrected chi connectivity index (χ0v) is 19.4. The number of carbonyl (C=O) groups is 3. The standard InChI is InChI=1S/C21H34N2O6S/c1-6-7-8-9-10-11-12-22-20(27)23-17-15(19(26)29-21(2,3)4)14(13-28-5)16(30-17)18(24)25/h6-13H2,1-5H3,(H,24,25)(H2,22,23,27). The summed E-state index contributed by atoms with van der Waals surface area (Å²) in [4.78, 5) is 36.6. The molecule has 1 heterocycles. The Morgan fingerprint density at radius 1 is 1.07 bits per heavy atom. The number of thiophene rings is 1. The first kappa shape index (κ1) is 25.9. The highest BCUT2D eigenvalue weighted by Gasteiger charge is 2.31. The average Bonchev–Trinajstić information content (AvgIpc) is 2.98. The first-order valence-corrected chi connectivity index (χ1v) is 11.1. The topological polar surface area (TPSA) is 114 Å². The van der Waals surface area contributed by atoms with Crippen LogP contribution in [-0.4, -0.2) is 42.3 Å². The van der Waals surface area contributed by atoms with Crippen molar-refractivity contribution in [1.29, 1.82) is 0 Å². The van der Waals surface area contributed by atoms with Crippen molar-refractivity contribution in [2.75, 3.05) is 19.0 Å². The fraction of sp³-hybridized carbons (Fsp3) is 0.667. The minimum Gasteiger partial charge on any atom is -0.477 e. The van der Waals surface area contributed by atoms with Gasteiger partial charge in [-0.15, -0.1) is 11.3 Å². The molecule has 1 aromatic rings. The summed E-state index contributed by atoms with van der Waals surface area (Å²) >= 11 is 0.817. The Morgan fingerprint density at radius 3 is 2.27 bits per heavy atom. The third kappa shape index (κ3) is 8.71. The van der Waals surface area contributed by atoms with Crippen LogP contribution in [-0.2, 0) is 16.1 Å². The van der Waals surface area contributed by atoms with Crippen molar-refractivity contribution in [3.8, 4) is 0 Å². The highest BCUT2D eigenvalue weighted by Crippen LogP contribution is 2.35. The van der Waals surface area contributed by atoms with Gasteiger partial charge in [-0.1, -0.05) is 39.0 Å². The van der Waals surface area contributed by atoms with Crippen molar-refractivity contribution in [2.45, 2.75) is 78.4 Å². The van der Waals surface area contributed by atoms with E-state index in [1.54, 1.807) is 20.8 Å². The van der Waals surface area contributed by atoms with Gasteiger partial charge in [0, 0.05) is 19.2 Å². The van der Waals surface area contributed by atoms with Gasteiger partial charge in [0.05, 0.1) is 6.61 Å². The van der Waals surface area contributed by atoms with Gasteiger partial charge in [-0.05, 0) is 27.2 Å². The van der Waals surface area contributed by atoms with Crippen LogP contribution in [0.4, 0.5) is 9.80 Å². The van der Waals surface area contributed by atoms with Crippen LogP contribution in [0.5, 0.6) is 0 Å². The van der Waals surface area contributed by atoms with E-state index in [0.29, 0.717) is 6.54 Å². The number of ether oxygens (including phenoxy) is 2. The highest BCUT2D eigenvalue weighted by molar-refractivity contribution is 7.18. The molecule has 9 heteroatoms. The van der Waals surface area contributed by atoms with Crippen molar-refractivity contribution in [3.63, 3.8) is 0 Å². The molecular weight excluding hydrogens is 408 g/mol. The van der Waals surface area contributed by atoms with Crippen LogP contribution in [0, 0.1) is 0 Å². The number of urea groups is 1. The monoisotopic (exact) mass is 442 g/mol. The van der Waals surface area contributed by atoms with Crippen LogP contribution in [0.2, 0.25) is 0 Å². The Kier molecular flexibility index (Phi) is 10.8. The van der Waals surface area contributed by atoms with Gasteiger partial charge in [0.2, 0.25) is 0 Å². The number of nitrogens with one attached hydrogen (secondary N) is 2. The van der Waals surface area contributed by atoms with Gasteiger partial charge in [-0.3, -0.25) is 5.32 Å².